The van der Waals surface area contributed by atoms with E-state index in [4.69, 9.17) is 0 Å². The van der Waals surface area contributed by atoms with Crippen LogP contribution in [0, 0.1) is 5.92 Å². The van der Waals surface area contributed by atoms with Gasteiger partial charge in [0, 0.05) is 31.5 Å². The fourth-order valence-electron chi connectivity index (χ4n) is 2.50. The average Bonchev–Trinajstić information content (AvgIpc) is 2.70. The van der Waals surface area contributed by atoms with Gasteiger partial charge in [-0.25, -0.2) is 0 Å². The maximum Gasteiger partial charge on any atom is 0.0569 e. The molecule has 0 aromatic carbocycles. The molecule has 3 nitrogen and oxygen atoms in total. The topological polar surface area (TPSA) is 21.1 Å². The van der Waals surface area contributed by atoms with Crippen molar-refractivity contribution in [3.63, 3.8) is 0 Å². The van der Waals surface area contributed by atoms with Gasteiger partial charge in [0.1, 0.15) is 0 Å². The van der Waals surface area contributed by atoms with E-state index in [0.717, 1.165) is 0 Å². The highest BCUT2D eigenvalue weighted by molar-refractivity contribution is 4.87. The Morgan fingerprint density at radius 2 is 2.20 bits per heavy atom. The van der Waals surface area contributed by atoms with Crippen LogP contribution in [0.25, 0.3) is 0 Å². The van der Waals surface area contributed by atoms with Crippen LogP contribution in [-0.2, 0) is 0 Å². The molecule has 2 heterocycles. The van der Waals surface area contributed by atoms with Gasteiger partial charge in [-0.05, 0) is 32.3 Å². The lowest BCUT2D eigenvalue weighted by Crippen LogP contribution is -2.43. The van der Waals surface area contributed by atoms with Crippen LogP contribution in [0.15, 0.2) is 18.5 Å². The first-order valence-electron chi connectivity index (χ1n) is 5.91. The molecule has 2 rings (SSSR count). The second-order valence-electron chi connectivity index (χ2n) is 4.91. The standard InChI is InChI=1S/C12H21N3/c1-10(2)14-8-5-12(11(3)9-14)15-7-4-6-13-15/h4,6-7,10-12H,5,8-9H2,1-3H3/t11-,12-/m1/s1. The minimum absolute atomic E-state index is 0.593. The lowest BCUT2D eigenvalue weighted by molar-refractivity contribution is 0.101. The zero-order valence-electron chi connectivity index (χ0n) is 9.93. The Balaban J connectivity index is 2.01. The van der Waals surface area contributed by atoms with Gasteiger partial charge in [0.05, 0.1) is 6.04 Å². The van der Waals surface area contributed by atoms with Gasteiger partial charge in [0.25, 0.3) is 0 Å². The van der Waals surface area contributed by atoms with Gasteiger partial charge < -0.3 is 4.90 Å². The molecule has 1 aromatic heterocycles. The van der Waals surface area contributed by atoms with Crippen molar-refractivity contribution in [3.05, 3.63) is 18.5 Å². The van der Waals surface area contributed by atoms with Crippen LogP contribution in [0.2, 0.25) is 0 Å². The second kappa shape index (κ2) is 4.35. The van der Waals surface area contributed by atoms with E-state index < -0.39 is 0 Å². The first kappa shape index (κ1) is 10.7. The molecule has 0 bridgehead atoms. The Morgan fingerprint density at radius 3 is 2.73 bits per heavy atom. The molecule has 0 spiro atoms. The predicted octanol–water partition coefficient (Wildman–Crippen LogP) is 2.17. The Labute approximate surface area is 92.1 Å². The molecule has 1 aliphatic rings. The molecule has 15 heavy (non-hydrogen) atoms. The van der Waals surface area contributed by atoms with Crippen molar-refractivity contribution < 1.29 is 0 Å². The molecule has 1 aromatic rings. The summed E-state index contributed by atoms with van der Waals surface area (Å²) in [6.07, 6.45) is 5.19. The largest absolute Gasteiger partial charge is 0.301 e. The summed E-state index contributed by atoms with van der Waals surface area (Å²) in [6.45, 7) is 9.29. The number of rotatable bonds is 2. The molecule has 3 heteroatoms. The molecule has 84 valence electrons. The van der Waals surface area contributed by atoms with Gasteiger partial charge in [0.2, 0.25) is 0 Å². The van der Waals surface area contributed by atoms with Crippen molar-refractivity contribution in [1.82, 2.24) is 14.7 Å². The first-order chi connectivity index (χ1) is 7.18. The van der Waals surface area contributed by atoms with E-state index in [9.17, 15) is 0 Å². The summed E-state index contributed by atoms with van der Waals surface area (Å²) in [5.74, 6) is 0.695. The van der Waals surface area contributed by atoms with Crippen LogP contribution < -0.4 is 0 Å². The van der Waals surface area contributed by atoms with Crippen molar-refractivity contribution in [2.24, 2.45) is 5.92 Å². The number of likely N-dealkylation sites (tertiary alicyclic amines) is 1. The van der Waals surface area contributed by atoms with Crippen LogP contribution in [0.1, 0.15) is 33.2 Å². The molecule has 0 aliphatic carbocycles. The molecular weight excluding hydrogens is 186 g/mol. The molecule has 0 radical (unpaired) electrons. The van der Waals surface area contributed by atoms with E-state index >= 15 is 0 Å². The third-order valence-corrected chi connectivity index (χ3v) is 3.49. The lowest BCUT2D eigenvalue weighted by Gasteiger charge is -2.39. The highest BCUT2D eigenvalue weighted by Crippen LogP contribution is 2.27. The van der Waals surface area contributed by atoms with E-state index in [-0.39, 0.29) is 0 Å². The van der Waals surface area contributed by atoms with Crippen molar-refractivity contribution >= 4 is 0 Å². The van der Waals surface area contributed by atoms with E-state index in [1.807, 2.05) is 12.3 Å². The second-order valence-corrected chi connectivity index (χ2v) is 4.91. The van der Waals surface area contributed by atoms with Crippen LogP contribution in [0.3, 0.4) is 0 Å². The summed E-state index contributed by atoms with van der Waals surface area (Å²) >= 11 is 0. The SMILES string of the molecule is CC(C)N1CC[C@@H](n2cccn2)[C@H](C)C1. The van der Waals surface area contributed by atoms with Crippen molar-refractivity contribution in [2.75, 3.05) is 13.1 Å². The van der Waals surface area contributed by atoms with Gasteiger partial charge >= 0.3 is 0 Å². The van der Waals surface area contributed by atoms with Crippen LogP contribution in [0.4, 0.5) is 0 Å². The Hall–Kier alpha value is -0.830. The van der Waals surface area contributed by atoms with Gasteiger partial charge in [0.15, 0.2) is 0 Å². The van der Waals surface area contributed by atoms with Gasteiger partial charge in [-0.15, -0.1) is 0 Å². The summed E-state index contributed by atoms with van der Waals surface area (Å²) in [4.78, 5) is 2.56. The molecular formula is C12H21N3. The number of piperidine rings is 1. The summed E-state index contributed by atoms with van der Waals surface area (Å²) in [5, 5.41) is 4.36. The van der Waals surface area contributed by atoms with Crippen LogP contribution in [-0.4, -0.2) is 33.8 Å². The van der Waals surface area contributed by atoms with Crippen molar-refractivity contribution in [3.8, 4) is 0 Å². The van der Waals surface area contributed by atoms with E-state index in [0.29, 0.717) is 18.0 Å². The number of nitrogens with zero attached hydrogens (tertiary/aromatic N) is 3. The zero-order chi connectivity index (χ0) is 10.8. The van der Waals surface area contributed by atoms with Crippen molar-refractivity contribution in [1.29, 1.82) is 0 Å². The van der Waals surface area contributed by atoms with E-state index in [1.54, 1.807) is 0 Å². The summed E-state index contributed by atoms with van der Waals surface area (Å²) in [6, 6.07) is 3.28. The highest BCUT2D eigenvalue weighted by atomic mass is 15.3. The number of hydrogen-bond acceptors (Lipinski definition) is 2. The first-order valence-corrected chi connectivity index (χ1v) is 5.91. The van der Waals surface area contributed by atoms with E-state index in [1.165, 1.54) is 19.5 Å². The molecule has 0 saturated carbocycles. The van der Waals surface area contributed by atoms with Gasteiger partial charge in [-0.1, -0.05) is 6.92 Å². The minimum atomic E-state index is 0.593. The lowest BCUT2D eigenvalue weighted by atomic mass is 9.93. The quantitative estimate of drug-likeness (QED) is 0.741. The number of aromatic nitrogens is 2. The molecule has 2 atom stereocenters. The van der Waals surface area contributed by atoms with E-state index in [2.05, 4.69) is 41.6 Å². The average molecular weight is 207 g/mol. The molecule has 0 N–H and O–H groups in total. The maximum absolute atomic E-state index is 4.36. The Bertz CT molecular complexity index is 292. The third kappa shape index (κ3) is 2.23. The molecule has 0 unspecified atom stereocenters. The fraction of sp³-hybridized carbons (Fsp3) is 0.750. The monoisotopic (exact) mass is 207 g/mol. The third-order valence-electron chi connectivity index (χ3n) is 3.49. The molecule has 1 saturated heterocycles. The molecule has 0 amide bonds. The fourth-order valence-corrected chi connectivity index (χ4v) is 2.50. The smallest absolute Gasteiger partial charge is 0.0569 e. The highest BCUT2D eigenvalue weighted by Gasteiger charge is 2.28. The summed E-state index contributed by atoms with van der Waals surface area (Å²) < 4.78 is 2.13. The Kier molecular flexibility index (Phi) is 3.10. The Morgan fingerprint density at radius 1 is 1.40 bits per heavy atom. The number of hydrogen-bond donors (Lipinski definition) is 0. The summed E-state index contributed by atoms with van der Waals surface area (Å²) in [7, 11) is 0. The van der Waals surface area contributed by atoms with Gasteiger partial charge in [-0.3, -0.25) is 4.68 Å². The maximum atomic E-state index is 4.36. The molecule has 1 aliphatic heterocycles. The van der Waals surface area contributed by atoms with Crippen molar-refractivity contribution in [2.45, 2.75) is 39.3 Å². The predicted molar refractivity (Wildman–Crippen MR) is 61.8 cm³/mol. The van der Waals surface area contributed by atoms with Crippen LogP contribution in [0.5, 0.6) is 0 Å². The zero-order valence-corrected chi connectivity index (χ0v) is 9.93. The van der Waals surface area contributed by atoms with Crippen LogP contribution >= 0.6 is 0 Å². The molecule has 1 fully saturated rings. The normalized spacial score (nSPS) is 28.5. The van der Waals surface area contributed by atoms with Gasteiger partial charge in [-0.2, -0.15) is 5.10 Å². The summed E-state index contributed by atoms with van der Waals surface area (Å²) in [5.41, 5.74) is 0. The minimum Gasteiger partial charge on any atom is -0.301 e.